The number of thiophene rings is 1. The fraction of sp³-hybridized carbons (Fsp3) is 0.417. The minimum Gasteiger partial charge on any atom is -0.493 e. The van der Waals surface area contributed by atoms with Crippen molar-refractivity contribution in [3.8, 4) is 12.3 Å². The van der Waals surface area contributed by atoms with E-state index < -0.39 is 0 Å². The molecule has 0 spiro atoms. The van der Waals surface area contributed by atoms with Crippen LogP contribution in [0.2, 0.25) is 0 Å². The Hall–Kier alpha value is -2.02. The summed E-state index contributed by atoms with van der Waals surface area (Å²) in [6.45, 7) is 18.3. The van der Waals surface area contributed by atoms with E-state index in [0.29, 0.717) is 6.54 Å². The molecule has 0 aromatic carbocycles. The second kappa shape index (κ2) is 24.0. The van der Waals surface area contributed by atoms with Crippen LogP contribution in [0.1, 0.15) is 65.9 Å². The highest BCUT2D eigenvalue weighted by Crippen LogP contribution is 2.24. The molecule has 3 heteroatoms. The lowest BCUT2D eigenvalue weighted by atomic mass is 10.1. The van der Waals surface area contributed by atoms with Crippen LogP contribution in [-0.4, -0.2) is 6.54 Å². The normalized spacial score (nSPS) is 10.2. The van der Waals surface area contributed by atoms with Gasteiger partial charge in [-0.15, -0.1) is 17.8 Å². The molecule has 0 fully saturated rings. The summed E-state index contributed by atoms with van der Waals surface area (Å²) in [6.07, 6.45) is 15.2. The number of ether oxygens (including phenoxy) is 1. The maximum atomic E-state index is 5.46. The Morgan fingerprint density at radius 3 is 2.30 bits per heavy atom. The first-order valence-corrected chi connectivity index (χ1v) is 10.4. The van der Waals surface area contributed by atoms with E-state index in [1.165, 1.54) is 22.3 Å². The third-order valence-electron chi connectivity index (χ3n) is 2.83. The third kappa shape index (κ3) is 17.2. The lowest BCUT2D eigenvalue weighted by molar-refractivity contribution is 0.143. The zero-order valence-corrected chi connectivity index (χ0v) is 19.1. The zero-order valence-electron chi connectivity index (χ0n) is 18.3. The molecule has 2 N–H and O–H groups in total. The van der Waals surface area contributed by atoms with Crippen molar-refractivity contribution in [1.82, 2.24) is 0 Å². The van der Waals surface area contributed by atoms with Crippen molar-refractivity contribution in [1.29, 1.82) is 0 Å². The number of allylic oxidation sites excluding steroid dienone is 6. The fourth-order valence-electron chi connectivity index (χ4n) is 1.73. The zero-order chi connectivity index (χ0) is 21.5. The molecule has 1 heterocycles. The van der Waals surface area contributed by atoms with Gasteiger partial charge in [-0.3, -0.25) is 0 Å². The van der Waals surface area contributed by atoms with Crippen LogP contribution in [-0.2, 0) is 4.74 Å². The molecule has 2 nitrogen and oxygen atoms in total. The molecule has 0 aliphatic heterocycles. The van der Waals surface area contributed by atoms with Crippen molar-refractivity contribution in [2.75, 3.05) is 6.54 Å². The van der Waals surface area contributed by atoms with E-state index in [0.717, 1.165) is 6.42 Å². The minimum absolute atomic E-state index is 0.0903. The van der Waals surface area contributed by atoms with Gasteiger partial charge < -0.3 is 10.5 Å². The second-order valence-electron chi connectivity index (χ2n) is 4.84. The number of nitrogens with two attached hydrogens (primary N) is 1. The van der Waals surface area contributed by atoms with Gasteiger partial charge >= 0.3 is 0 Å². The lowest BCUT2D eigenvalue weighted by Gasteiger charge is -2.13. The van der Waals surface area contributed by atoms with E-state index in [-0.39, 0.29) is 6.10 Å². The predicted octanol–water partition coefficient (Wildman–Crippen LogP) is 7.44. The summed E-state index contributed by atoms with van der Waals surface area (Å²) in [5, 5.41) is 2.03. The van der Waals surface area contributed by atoms with Gasteiger partial charge in [0.15, 0.2) is 0 Å². The molecule has 0 saturated carbocycles. The van der Waals surface area contributed by atoms with Crippen molar-refractivity contribution in [3.05, 3.63) is 70.7 Å². The smallest absolute Gasteiger partial charge is 0.133 e. The number of terminal acetylenes is 1. The van der Waals surface area contributed by atoms with Crippen LogP contribution in [0.25, 0.3) is 0 Å². The Labute approximate surface area is 172 Å². The molecule has 0 aliphatic rings. The summed E-state index contributed by atoms with van der Waals surface area (Å²) >= 11 is 1.68. The highest BCUT2D eigenvalue weighted by atomic mass is 32.1. The quantitative estimate of drug-likeness (QED) is 0.299. The van der Waals surface area contributed by atoms with Gasteiger partial charge in [0.05, 0.1) is 6.26 Å². The summed E-state index contributed by atoms with van der Waals surface area (Å²) < 4.78 is 5.32. The number of hydrogen-bond donors (Lipinski definition) is 1. The molecule has 1 aromatic rings. The van der Waals surface area contributed by atoms with E-state index in [1.807, 2.05) is 64.3 Å². The molecular weight excluding hydrogens is 350 g/mol. The fourth-order valence-corrected chi connectivity index (χ4v) is 2.52. The Morgan fingerprint density at radius 1 is 1.30 bits per heavy atom. The van der Waals surface area contributed by atoms with E-state index >= 15 is 0 Å². The third-order valence-corrected chi connectivity index (χ3v) is 3.80. The van der Waals surface area contributed by atoms with Gasteiger partial charge in [-0.2, -0.15) is 0 Å². The SMILES string of the molecule is C#C/C=C\C(/C=C\C)=C(C)C.C=COC(CCN)c1cccs1.CC.CC. The molecule has 1 unspecified atom stereocenters. The number of hydrogen-bond acceptors (Lipinski definition) is 3. The first-order chi connectivity index (χ1) is 13.1. The highest BCUT2D eigenvalue weighted by Gasteiger charge is 2.10. The topological polar surface area (TPSA) is 35.2 Å². The lowest BCUT2D eigenvalue weighted by Crippen LogP contribution is -2.07. The van der Waals surface area contributed by atoms with Crippen LogP contribution in [0.4, 0.5) is 0 Å². The molecule has 0 aliphatic carbocycles. The Kier molecular flexibility index (Phi) is 26.4. The molecule has 0 radical (unpaired) electrons. The summed E-state index contributed by atoms with van der Waals surface area (Å²) in [5.74, 6) is 2.46. The van der Waals surface area contributed by atoms with Gasteiger partial charge in [-0.1, -0.05) is 64.0 Å². The average Bonchev–Trinajstić information content (AvgIpc) is 3.23. The molecule has 0 bridgehead atoms. The van der Waals surface area contributed by atoms with Crippen LogP contribution in [0.5, 0.6) is 0 Å². The first-order valence-electron chi connectivity index (χ1n) is 9.53. The minimum atomic E-state index is 0.0903. The average molecular weight is 390 g/mol. The predicted molar refractivity (Wildman–Crippen MR) is 126 cm³/mol. The van der Waals surface area contributed by atoms with Gasteiger partial charge in [0, 0.05) is 11.3 Å². The van der Waals surface area contributed by atoms with Crippen molar-refractivity contribution < 1.29 is 4.74 Å². The van der Waals surface area contributed by atoms with Gasteiger partial charge in [0.25, 0.3) is 0 Å². The van der Waals surface area contributed by atoms with E-state index in [1.54, 1.807) is 17.4 Å². The summed E-state index contributed by atoms with van der Waals surface area (Å²) in [7, 11) is 0. The summed E-state index contributed by atoms with van der Waals surface area (Å²) in [4.78, 5) is 1.21. The van der Waals surface area contributed by atoms with Crippen molar-refractivity contribution in [2.45, 2.75) is 61.0 Å². The van der Waals surface area contributed by atoms with Crippen LogP contribution >= 0.6 is 11.3 Å². The molecule has 27 heavy (non-hydrogen) atoms. The maximum Gasteiger partial charge on any atom is 0.133 e. The van der Waals surface area contributed by atoms with Gasteiger partial charge in [-0.05, 0) is 56.5 Å². The van der Waals surface area contributed by atoms with E-state index in [2.05, 4.69) is 32.4 Å². The van der Waals surface area contributed by atoms with Crippen molar-refractivity contribution in [3.63, 3.8) is 0 Å². The van der Waals surface area contributed by atoms with Crippen molar-refractivity contribution >= 4 is 11.3 Å². The van der Waals surface area contributed by atoms with Crippen LogP contribution in [0.15, 0.2) is 65.8 Å². The van der Waals surface area contributed by atoms with Gasteiger partial charge in [-0.25, -0.2) is 0 Å². The van der Waals surface area contributed by atoms with Crippen LogP contribution < -0.4 is 5.73 Å². The largest absolute Gasteiger partial charge is 0.493 e. The van der Waals surface area contributed by atoms with Gasteiger partial charge in [0.2, 0.25) is 0 Å². The van der Waals surface area contributed by atoms with E-state index in [9.17, 15) is 0 Å². The molecule has 1 atom stereocenters. The second-order valence-corrected chi connectivity index (χ2v) is 5.82. The summed E-state index contributed by atoms with van der Waals surface area (Å²) in [5.41, 5.74) is 7.91. The molecule has 1 aromatic heterocycles. The molecular formula is C24H39NOS. The Morgan fingerprint density at radius 2 is 1.93 bits per heavy atom. The monoisotopic (exact) mass is 389 g/mol. The summed E-state index contributed by atoms with van der Waals surface area (Å²) in [6, 6.07) is 4.06. The highest BCUT2D eigenvalue weighted by molar-refractivity contribution is 7.10. The van der Waals surface area contributed by atoms with Crippen LogP contribution in [0.3, 0.4) is 0 Å². The van der Waals surface area contributed by atoms with Gasteiger partial charge in [0.1, 0.15) is 6.10 Å². The molecule has 152 valence electrons. The molecule has 0 amide bonds. The first kappa shape index (κ1) is 29.7. The number of rotatable bonds is 7. The van der Waals surface area contributed by atoms with Crippen molar-refractivity contribution in [2.24, 2.45) is 5.73 Å². The Bertz CT molecular complexity index is 556. The van der Waals surface area contributed by atoms with Crippen LogP contribution in [0, 0.1) is 12.3 Å². The maximum absolute atomic E-state index is 5.46. The van der Waals surface area contributed by atoms with E-state index in [4.69, 9.17) is 16.9 Å². The Balaban J connectivity index is -0.000000361. The molecule has 0 saturated heterocycles. The molecule has 1 rings (SSSR count). The standard InChI is InChI=1S/C11H14.C9H13NOS.2C2H6/c1-5-7-9-11(8-6-2)10(3)4;1-2-11-8(5-6-10)9-4-3-7-12-9;2*1-2/h1,6-9H,2-4H3;2-4,7-8H,1,5-6,10H2;2*1-2H3/b8-6-,9-7-;;;.